The first-order valence-electron chi connectivity index (χ1n) is 4.52. The smallest absolute Gasteiger partial charge is 0.127 e. The predicted octanol–water partition coefficient (Wildman–Crippen LogP) is 3.15. The summed E-state index contributed by atoms with van der Waals surface area (Å²) in [6.45, 7) is 4.21. The van der Waals surface area contributed by atoms with E-state index in [2.05, 4.69) is 37.1 Å². The molecular weight excluding hydrogens is 192 g/mol. The average Bonchev–Trinajstić information content (AvgIpc) is 2.57. The average molecular weight is 204 g/mol. The fourth-order valence-electron chi connectivity index (χ4n) is 1.39. The normalized spacial score (nSPS) is 10.4. The summed E-state index contributed by atoms with van der Waals surface area (Å²) in [5.41, 5.74) is 3.66. The molecule has 14 heavy (non-hydrogen) atoms. The van der Waals surface area contributed by atoms with Crippen molar-refractivity contribution in [3.8, 4) is 5.69 Å². The van der Waals surface area contributed by atoms with Gasteiger partial charge < -0.3 is 5.10 Å². The Kier molecular flexibility index (Phi) is 2.25. The molecule has 0 amide bonds. The molecule has 2 rings (SSSR count). The Morgan fingerprint density at radius 2 is 1.93 bits per heavy atom. The second kappa shape index (κ2) is 3.42. The second-order valence-electron chi connectivity index (χ2n) is 3.40. The minimum Gasteiger partial charge on any atom is -0.300 e. The molecule has 0 aliphatic rings. The van der Waals surface area contributed by atoms with Crippen molar-refractivity contribution in [3.05, 3.63) is 46.2 Å². The van der Waals surface area contributed by atoms with Gasteiger partial charge in [0.2, 0.25) is 0 Å². The maximum atomic E-state index is 5.18. The van der Waals surface area contributed by atoms with Crippen LogP contribution in [0.25, 0.3) is 5.69 Å². The van der Waals surface area contributed by atoms with Gasteiger partial charge >= 0.3 is 0 Å². The van der Waals surface area contributed by atoms with Crippen molar-refractivity contribution < 1.29 is 0 Å². The van der Waals surface area contributed by atoms with Crippen molar-refractivity contribution in [2.24, 2.45) is 0 Å². The third-order valence-corrected chi connectivity index (χ3v) is 2.72. The molecule has 0 radical (unpaired) electrons. The molecule has 0 aliphatic carbocycles. The summed E-state index contributed by atoms with van der Waals surface area (Å²) in [7, 11) is 0. The van der Waals surface area contributed by atoms with E-state index in [4.69, 9.17) is 12.2 Å². The third-order valence-electron chi connectivity index (χ3n) is 2.40. The van der Waals surface area contributed by atoms with Crippen LogP contribution in [0.3, 0.4) is 0 Å². The highest BCUT2D eigenvalue weighted by Gasteiger charge is 1.99. The van der Waals surface area contributed by atoms with Crippen molar-refractivity contribution in [2.75, 3.05) is 0 Å². The molecule has 0 atom stereocenters. The van der Waals surface area contributed by atoms with Crippen LogP contribution in [0, 0.1) is 18.5 Å². The van der Waals surface area contributed by atoms with Gasteiger partial charge in [-0.3, -0.25) is 0 Å². The van der Waals surface area contributed by atoms with Gasteiger partial charge in [0, 0.05) is 6.20 Å². The first-order valence-corrected chi connectivity index (χ1v) is 4.93. The molecule has 2 aromatic rings. The number of aromatic nitrogens is 2. The van der Waals surface area contributed by atoms with Gasteiger partial charge in [0.05, 0.1) is 5.69 Å². The summed E-state index contributed by atoms with van der Waals surface area (Å²) in [6.07, 6.45) is 1.84. The van der Waals surface area contributed by atoms with E-state index < -0.39 is 0 Å². The largest absolute Gasteiger partial charge is 0.300 e. The van der Waals surface area contributed by atoms with Crippen LogP contribution < -0.4 is 0 Å². The first kappa shape index (κ1) is 9.21. The number of nitrogens with one attached hydrogen (secondary N) is 1. The number of benzene rings is 1. The maximum absolute atomic E-state index is 5.18. The molecule has 1 aromatic carbocycles. The molecule has 0 bridgehead atoms. The monoisotopic (exact) mass is 204 g/mol. The molecule has 0 aliphatic heterocycles. The molecule has 0 unspecified atom stereocenters. The topological polar surface area (TPSA) is 20.7 Å². The van der Waals surface area contributed by atoms with Crippen molar-refractivity contribution in [2.45, 2.75) is 13.8 Å². The lowest BCUT2D eigenvalue weighted by atomic mass is 10.1. The lowest BCUT2D eigenvalue weighted by Crippen LogP contribution is -1.96. The molecule has 0 spiro atoms. The number of hydrogen-bond donors (Lipinski definition) is 1. The Bertz CT molecular complexity index is 508. The quantitative estimate of drug-likeness (QED) is 0.708. The molecule has 3 heteroatoms. The van der Waals surface area contributed by atoms with E-state index >= 15 is 0 Å². The van der Waals surface area contributed by atoms with Crippen molar-refractivity contribution in [1.82, 2.24) is 9.78 Å². The van der Waals surface area contributed by atoms with E-state index in [-0.39, 0.29) is 0 Å². The minimum atomic E-state index is 0.799. The highest BCUT2D eigenvalue weighted by molar-refractivity contribution is 7.71. The Labute approximate surface area is 88.2 Å². The van der Waals surface area contributed by atoms with Crippen LogP contribution in [-0.2, 0) is 0 Å². The molecular formula is C11H12N2S. The number of hydrogen-bond acceptors (Lipinski definition) is 1. The van der Waals surface area contributed by atoms with Crippen LogP contribution in [0.5, 0.6) is 0 Å². The van der Waals surface area contributed by atoms with E-state index in [9.17, 15) is 0 Å². The number of nitrogens with zero attached hydrogens (tertiary/aromatic N) is 1. The number of H-pyrrole nitrogens is 1. The lowest BCUT2D eigenvalue weighted by Gasteiger charge is -2.05. The van der Waals surface area contributed by atoms with Crippen molar-refractivity contribution >= 4 is 12.2 Å². The summed E-state index contributed by atoms with van der Waals surface area (Å²) in [6, 6.07) is 8.17. The maximum Gasteiger partial charge on any atom is 0.127 e. The highest BCUT2D eigenvalue weighted by atomic mass is 32.1. The summed E-state index contributed by atoms with van der Waals surface area (Å²) in [5.74, 6) is 0. The lowest BCUT2D eigenvalue weighted by molar-refractivity contribution is 0.867. The second-order valence-corrected chi connectivity index (χ2v) is 3.82. The fraction of sp³-hybridized carbons (Fsp3) is 0.182. The fourth-order valence-corrected chi connectivity index (χ4v) is 1.61. The summed E-state index contributed by atoms with van der Waals surface area (Å²) >= 11 is 5.18. The van der Waals surface area contributed by atoms with Gasteiger partial charge in [0.1, 0.15) is 4.64 Å². The van der Waals surface area contributed by atoms with Crippen LogP contribution in [0.4, 0.5) is 0 Å². The molecule has 72 valence electrons. The Morgan fingerprint density at radius 3 is 2.50 bits per heavy atom. The SMILES string of the molecule is Cc1ccc(-n2[nH]ccc2=S)cc1C. The molecule has 1 heterocycles. The summed E-state index contributed by atoms with van der Waals surface area (Å²) in [4.78, 5) is 0. The molecule has 1 N–H and O–H groups in total. The molecule has 0 saturated heterocycles. The Hall–Kier alpha value is -1.35. The van der Waals surface area contributed by atoms with Gasteiger partial charge in [-0.25, -0.2) is 4.68 Å². The zero-order chi connectivity index (χ0) is 10.1. The number of aromatic amines is 1. The van der Waals surface area contributed by atoms with Gasteiger partial charge in [-0.15, -0.1) is 0 Å². The van der Waals surface area contributed by atoms with E-state index in [0.717, 1.165) is 10.3 Å². The van der Waals surface area contributed by atoms with Gasteiger partial charge in [-0.05, 0) is 43.2 Å². The standard InChI is InChI=1S/C11H12N2S/c1-8-3-4-10(7-9(8)2)13-11(14)5-6-12-13/h3-7,12H,1-2H3. The van der Waals surface area contributed by atoms with E-state index in [1.807, 2.05) is 16.9 Å². The van der Waals surface area contributed by atoms with Crippen LogP contribution in [0.15, 0.2) is 30.5 Å². The summed E-state index contributed by atoms with van der Waals surface area (Å²) < 4.78 is 2.69. The molecule has 0 saturated carbocycles. The van der Waals surface area contributed by atoms with Crippen molar-refractivity contribution in [3.63, 3.8) is 0 Å². The van der Waals surface area contributed by atoms with Gasteiger partial charge in [0.15, 0.2) is 0 Å². The van der Waals surface area contributed by atoms with Crippen LogP contribution >= 0.6 is 12.2 Å². The molecule has 0 fully saturated rings. The number of aryl methyl sites for hydroxylation is 2. The minimum absolute atomic E-state index is 0.799. The van der Waals surface area contributed by atoms with Crippen LogP contribution in [0.1, 0.15) is 11.1 Å². The Morgan fingerprint density at radius 1 is 1.14 bits per heavy atom. The van der Waals surface area contributed by atoms with Gasteiger partial charge in [-0.1, -0.05) is 18.3 Å². The first-order chi connectivity index (χ1) is 6.68. The third kappa shape index (κ3) is 1.51. The van der Waals surface area contributed by atoms with Crippen molar-refractivity contribution in [1.29, 1.82) is 0 Å². The van der Waals surface area contributed by atoms with Crippen LogP contribution in [0.2, 0.25) is 0 Å². The van der Waals surface area contributed by atoms with E-state index in [1.165, 1.54) is 11.1 Å². The van der Waals surface area contributed by atoms with Gasteiger partial charge in [-0.2, -0.15) is 0 Å². The highest BCUT2D eigenvalue weighted by Crippen LogP contribution is 2.13. The van der Waals surface area contributed by atoms with E-state index in [0.29, 0.717) is 0 Å². The van der Waals surface area contributed by atoms with Crippen LogP contribution in [-0.4, -0.2) is 9.78 Å². The van der Waals surface area contributed by atoms with Gasteiger partial charge in [0.25, 0.3) is 0 Å². The zero-order valence-corrected chi connectivity index (χ0v) is 9.06. The zero-order valence-electron chi connectivity index (χ0n) is 8.24. The molecule has 1 aromatic heterocycles. The molecule has 2 nitrogen and oxygen atoms in total. The summed E-state index contributed by atoms with van der Waals surface area (Å²) in [5, 5.41) is 3.08. The predicted molar refractivity (Wildman–Crippen MR) is 60.4 cm³/mol. The Balaban J connectivity index is 2.59. The van der Waals surface area contributed by atoms with E-state index in [1.54, 1.807) is 0 Å². The number of rotatable bonds is 1.